The van der Waals surface area contributed by atoms with Gasteiger partial charge in [-0.3, -0.25) is 0 Å². The molecule has 0 spiro atoms. The first-order valence-electron chi connectivity index (χ1n) is 8.27. The van der Waals surface area contributed by atoms with Crippen LogP contribution in [0, 0.1) is 0 Å². The molecular weight excluding hydrogens is 429 g/mol. The number of rotatable bonds is 5. The van der Waals surface area contributed by atoms with E-state index in [1.807, 2.05) is 0 Å². The normalized spacial score (nSPS) is 26.7. The maximum absolute atomic E-state index is 14.7. The topological polar surface area (TPSA) is 20.2 Å². The van der Waals surface area contributed by atoms with Gasteiger partial charge in [-0.05, 0) is 17.5 Å². The first-order valence-corrected chi connectivity index (χ1v) is 8.27. The van der Waals surface area contributed by atoms with E-state index in [0.717, 1.165) is 12.1 Å². The lowest BCUT2D eigenvalue weighted by molar-refractivity contribution is -0.487. The van der Waals surface area contributed by atoms with Crippen LogP contribution in [0.15, 0.2) is 24.3 Å². The molecule has 1 saturated carbocycles. The van der Waals surface area contributed by atoms with Gasteiger partial charge in [0.25, 0.3) is 5.67 Å². The third-order valence-electron chi connectivity index (χ3n) is 4.92. The number of aryl methyl sites for hydroxylation is 1. The summed E-state index contributed by atoms with van der Waals surface area (Å²) < 4.78 is 151. The van der Waals surface area contributed by atoms with Gasteiger partial charge in [-0.25, -0.2) is 4.39 Å². The molecule has 0 aliphatic heterocycles. The Morgan fingerprint density at radius 1 is 0.759 bits per heavy atom. The molecule has 0 saturated heterocycles. The summed E-state index contributed by atoms with van der Waals surface area (Å²) in [6.45, 7) is 1.72. The monoisotopic (exact) mass is 444 g/mol. The molecule has 1 atom stereocenters. The Bertz CT molecular complexity index is 730. The van der Waals surface area contributed by atoms with Crippen molar-refractivity contribution in [1.82, 2.24) is 0 Å². The van der Waals surface area contributed by atoms with Gasteiger partial charge in [0.05, 0.1) is 6.10 Å². The van der Waals surface area contributed by atoms with Crippen LogP contribution in [-0.2, 0) is 6.42 Å². The Kier molecular flexibility index (Phi) is 5.48. The number of alkyl halides is 11. The van der Waals surface area contributed by atoms with Crippen LogP contribution in [0.25, 0.3) is 0 Å². The third kappa shape index (κ3) is 2.84. The minimum Gasteiger partial charge on any atom is -0.388 e. The Morgan fingerprint density at radius 2 is 1.21 bits per heavy atom. The van der Waals surface area contributed by atoms with Crippen molar-refractivity contribution in [3.05, 3.63) is 35.4 Å². The molecule has 0 amide bonds. The lowest BCUT2D eigenvalue weighted by Crippen LogP contribution is -2.83. The van der Waals surface area contributed by atoms with Crippen molar-refractivity contribution < 1.29 is 53.4 Å². The molecule has 0 bridgehead atoms. The molecule has 0 radical (unpaired) electrons. The van der Waals surface area contributed by atoms with Crippen LogP contribution in [0.1, 0.15) is 37.0 Å². The van der Waals surface area contributed by atoms with Gasteiger partial charge in [0.1, 0.15) is 0 Å². The van der Waals surface area contributed by atoms with Crippen LogP contribution in [0.3, 0.4) is 0 Å². The maximum Gasteiger partial charge on any atom is 0.384 e. The highest BCUT2D eigenvalue weighted by Crippen LogP contribution is 2.70. The SMILES string of the molecule is CCCc1cccc(C(O)CC2(F)C(F)(F)C(F)(F)C(F)(F)C(F)(F)C2(F)F)c1. The van der Waals surface area contributed by atoms with Gasteiger partial charge >= 0.3 is 29.6 Å². The lowest BCUT2D eigenvalue weighted by Gasteiger charge is -2.52. The highest BCUT2D eigenvalue weighted by atomic mass is 19.4. The van der Waals surface area contributed by atoms with E-state index in [9.17, 15) is 53.4 Å². The van der Waals surface area contributed by atoms with E-state index in [1.165, 1.54) is 12.1 Å². The lowest BCUT2D eigenvalue weighted by atomic mass is 9.69. The van der Waals surface area contributed by atoms with Gasteiger partial charge < -0.3 is 5.11 Å². The molecule has 1 aliphatic rings. The second kappa shape index (κ2) is 6.71. The highest BCUT2D eigenvalue weighted by Gasteiger charge is 3.00. The van der Waals surface area contributed by atoms with Gasteiger partial charge in [0.2, 0.25) is 0 Å². The highest BCUT2D eigenvalue weighted by molar-refractivity contribution is 5.30. The third-order valence-corrected chi connectivity index (χ3v) is 4.92. The molecule has 0 heterocycles. The standard InChI is InChI=1S/C17H15F11O/c1-2-4-9-5-3-6-10(7-9)11(29)8-12(18)13(19,20)15(23,24)17(27,28)16(25,26)14(12,21)22/h3,5-7,11,29H,2,4,8H2,1H3. The Labute approximate surface area is 157 Å². The van der Waals surface area contributed by atoms with Gasteiger partial charge in [-0.15, -0.1) is 0 Å². The van der Waals surface area contributed by atoms with Gasteiger partial charge in [0, 0.05) is 6.42 Å². The molecule has 166 valence electrons. The molecule has 0 aromatic heterocycles. The Hall–Kier alpha value is -1.59. The van der Waals surface area contributed by atoms with Crippen molar-refractivity contribution >= 4 is 0 Å². The maximum atomic E-state index is 14.7. The molecule has 2 rings (SSSR count). The zero-order valence-electron chi connectivity index (χ0n) is 14.6. The smallest absolute Gasteiger partial charge is 0.384 e. The number of aliphatic hydroxyl groups excluding tert-OH is 1. The summed E-state index contributed by atoms with van der Waals surface area (Å²) in [5, 5.41) is 9.88. The second-order valence-electron chi connectivity index (χ2n) is 6.89. The average molecular weight is 444 g/mol. The Balaban J connectivity index is 2.58. The average Bonchev–Trinajstić information content (AvgIpc) is 2.60. The molecule has 1 nitrogen and oxygen atoms in total. The first kappa shape index (κ1) is 23.7. The fraction of sp³-hybridized carbons (Fsp3) is 0.647. The van der Waals surface area contributed by atoms with E-state index in [4.69, 9.17) is 0 Å². The van der Waals surface area contributed by atoms with E-state index in [0.29, 0.717) is 18.4 Å². The van der Waals surface area contributed by atoms with Crippen LogP contribution in [0.4, 0.5) is 48.3 Å². The van der Waals surface area contributed by atoms with Gasteiger partial charge in [-0.2, -0.15) is 43.9 Å². The van der Waals surface area contributed by atoms with E-state index in [1.54, 1.807) is 6.92 Å². The minimum atomic E-state index is -7.26. The summed E-state index contributed by atoms with van der Waals surface area (Å²) in [5.74, 6) is -35.4. The molecule has 12 heteroatoms. The van der Waals surface area contributed by atoms with Crippen molar-refractivity contribution in [3.63, 3.8) is 0 Å². The largest absolute Gasteiger partial charge is 0.388 e. The van der Waals surface area contributed by atoms with Crippen LogP contribution < -0.4 is 0 Å². The summed E-state index contributed by atoms with van der Waals surface area (Å²) in [6.07, 6.45) is -4.48. The van der Waals surface area contributed by atoms with Crippen molar-refractivity contribution in [3.8, 4) is 0 Å². The zero-order valence-corrected chi connectivity index (χ0v) is 14.6. The van der Waals surface area contributed by atoms with E-state index >= 15 is 0 Å². The van der Waals surface area contributed by atoms with Crippen molar-refractivity contribution in [1.29, 1.82) is 0 Å². The first-order chi connectivity index (χ1) is 12.9. The summed E-state index contributed by atoms with van der Waals surface area (Å²) in [6, 6.07) is 4.62. The predicted octanol–water partition coefficient (Wildman–Crippen LogP) is 5.96. The summed E-state index contributed by atoms with van der Waals surface area (Å²) >= 11 is 0. The minimum absolute atomic E-state index is 0.343. The van der Waals surface area contributed by atoms with Crippen LogP contribution in [0.2, 0.25) is 0 Å². The van der Waals surface area contributed by atoms with Crippen molar-refractivity contribution in [2.45, 2.75) is 67.6 Å². The van der Waals surface area contributed by atoms with E-state index in [2.05, 4.69) is 0 Å². The summed E-state index contributed by atoms with van der Waals surface area (Å²) in [7, 11) is 0. The van der Waals surface area contributed by atoms with E-state index < -0.39 is 53.4 Å². The number of aliphatic hydroxyl groups is 1. The molecule has 29 heavy (non-hydrogen) atoms. The number of benzene rings is 1. The summed E-state index contributed by atoms with van der Waals surface area (Å²) in [5.41, 5.74) is -6.28. The number of halogens is 11. The van der Waals surface area contributed by atoms with Crippen molar-refractivity contribution in [2.24, 2.45) is 0 Å². The summed E-state index contributed by atoms with van der Waals surface area (Å²) in [4.78, 5) is 0. The fourth-order valence-electron chi connectivity index (χ4n) is 3.17. The predicted molar refractivity (Wildman–Crippen MR) is 78.6 cm³/mol. The molecule has 1 aliphatic carbocycles. The van der Waals surface area contributed by atoms with Gasteiger partial charge in [-0.1, -0.05) is 37.6 Å². The van der Waals surface area contributed by atoms with Crippen molar-refractivity contribution in [2.75, 3.05) is 0 Å². The molecule has 1 unspecified atom stereocenters. The molecule has 1 aromatic carbocycles. The number of hydrogen-bond donors (Lipinski definition) is 1. The van der Waals surface area contributed by atoms with Crippen LogP contribution in [0.5, 0.6) is 0 Å². The van der Waals surface area contributed by atoms with Crippen LogP contribution in [-0.4, -0.2) is 40.4 Å². The quantitative estimate of drug-likeness (QED) is 0.556. The zero-order chi connectivity index (χ0) is 22.7. The molecular formula is C17H15F11O. The molecule has 1 N–H and O–H groups in total. The van der Waals surface area contributed by atoms with E-state index in [-0.39, 0.29) is 0 Å². The number of hydrogen-bond acceptors (Lipinski definition) is 1. The second-order valence-corrected chi connectivity index (χ2v) is 6.89. The fourth-order valence-corrected chi connectivity index (χ4v) is 3.17. The molecule has 1 fully saturated rings. The molecule has 1 aromatic rings. The van der Waals surface area contributed by atoms with Crippen LogP contribution >= 0.6 is 0 Å². The Morgan fingerprint density at radius 3 is 1.66 bits per heavy atom. The van der Waals surface area contributed by atoms with Gasteiger partial charge in [0.15, 0.2) is 0 Å².